The maximum Gasteiger partial charge on any atom is 0.259 e. The number of amides is 2. The van der Waals surface area contributed by atoms with E-state index < -0.39 is 5.91 Å². The molecule has 0 atom stereocenters. The molecule has 7 heteroatoms. The quantitative estimate of drug-likeness (QED) is 0.390. The van der Waals surface area contributed by atoms with Crippen molar-refractivity contribution in [2.45, 2.75) is 0 Å². The number of phenolic OH excluding ortho intramolecular Hbond substituents is 1. The summed E-state index contributed by atoms with van der Waals surface area (Å²) < 4.78 is 0.813. The molecule has 0 radical (unpaired) electrons. The highest BCUT2D eigenvalue weighted by Gasteiger charge is 2.10. The van der Waals surface area contributed by atoms with Crippen LogP contribution in [0.4, 0.5) is 0 Å². The summed E-state index contributed by atoms with van der Waals surface area (Å²) >= 11 is 2.06. The molecule has 0 bridgehead atoms. The van der Waals surface area contributed by atoms with Crippen molar-refractivity contribution in [2.24, 2.45) is 5.10 Å². The molecule has 0 saturated carbocycles. The first-order chi connectivity index (χ1) is 11.1. The number of hydrogen-bond donors (Lipinski definition) is 3. The summed E-state index contributed by atoms with van der Waals surface area (Å²) in [5, 5.41) is 15.5. The summed E-state index contributed by atoms with van der Waals surface area (Å²) in [6.07, 6.45) is 1.44. The fourth-order valence-electron chi connectivity index (χ4n) is 1.68. The fraction of sp³-hybridized carbons (Fsp3) is 0.0625. The van der Waals surface area contributed by atoms with Crippen LogP contribution < -0.4 is 10.7 Å². The molecule has 0 heterocycles. The number of nitrogens with one attached hydrogen (secondary N) is 2. The summed E-state index contributed by atoms with van der Waals surface area (Å²) in [6, 6.07) is 13.5. The number of benzene rings is 2. The molecule has 0 aliphatic heterocycles. The lowest BCUT2D eigenvalue weighted by Gasteiger charge is -2.05. The van der Waals surface area contributed by atoms with E-state index in [4.69, 9.17) is 5.11 Å². The van der Waals surface area contributed by atoms with E-state index in [0.717, 1.165) is 9.13 Å². The van der Waals surface area contributed by atoms with Gasteiger partial charge in [0, 0.05) is 3.57 Å². The highest BCUT2D eigenvalue weighted by atomic mass is 127. The molecular weight excluding hydrogens is 409 g/mol. The van der Waals surface area contributed by atoms with E-state index >= 15 is 0 Å². The highest BCUT2D eigenvalue weighted by Crippen LogP contribution is 2.10. The van der Waals surface area contributed by atoms with Crippen LogP contribution in [-0.4, -0.2) is 29.7 Å². The third-order valence-corrected chi connectivity index (χ3v) is 3.76. The molecule has 2 rings (SSSR count). The number of rotatable bonds is 5. The molecule has 2 aromatic rings. The van der Waals surface area contributed by atoms with Crippen LogP contribution in [0.3, 0.4) is 0 Å². The molecule has 3 N–H and O–H groups in total. The smallest absolute Gasteiger partial charge is 0.259 e. The molecule has 0 unspecified atom stereocenters. The average Bonchev–Trinajstić information content (AvgIpc) is 2.55. The molecule has 118 valence electrons. The second-order valence-corrected chi connectivity index (χ2v) is 5.71. The molecule has 0 aliphatic rings. The van der Waals surface area contributed by atoms with Gasteiger partial charge in [-0.15, -0.1) is 0 Å². The lowest BCUT2D eigenvalue weighted by atomic mass is 10.2. The van der Waals surface area contributed by atoms with Crippen LogP contribution in [-0.2, 0) is 4.79 Å². The minimum absolute atomic E-state index is 0.157. The third-order valence-electron chi connectivity index (χ3n) is 2.82. The van der Waals surface area contributed by atoms with Crippen LogP contribution in [0, 0.1) is 3.57 Å². The summed E-state index contributed by atoms with van der Waals surface area (Å²) in [6.45, 7) is -0.170. The summed E-state index contributed by atoms with van der Waals surface area (Å²) in [5.41, 5.74) is 3.57. The Kier molecular flexibility index (Phi) is 6.10. The van der Waals surface area contributed by atoms with Gasteiger partial charge < -0.3 is 10.4 Å². The number of hydrogen-bond acceptors (Lipinski definition) is 4. The van der Waals surface area contributed by atoms with E-state index in [1.54, 1.807) is 24.3 Å². The minimum atomic E-state index is -0.431. The zero-order valence-electron chi connectivity index (χ0n) is 12.0. The Morgan fingerprint density at radius 2 is 1.83 bits per heavy atom. The van der Waals surface area contributed by atoms with Crippen LogP contribution >= 0.6 is 22.6 Å². The molecular formula is C16H14IN3O3. The zero-order chi connectivity index (χ0) is 16.7. The van der Waals surface area contributed by atoms with Crippen molar-refractivity contribution < 1.29 is 14.7 Å². The van der Waals surface area contributed by atoms with Gasteiger partial charge in [0.05, 0.1) is 18.3 Å². The summed E-state index contributed by atoms with van der Waals surface area (Å²) in [4.78, 5) is 23.6. The molecule has 0 fully saturated rings. The van der Waals surface area contributed by atoms with Crippen molar-refractivity contribution in [3.8, 4) is 5.75 Å². The maximum atomic E-state index is 11.9. The molecule has 0 aromatic heterocycles. The number of aromatic hydroxyl groups is 1. The number of nitrogens with zero attached hydrogens (tertiary/aromatic N) is 1. The number of hydrazone groups is 1. The van der Waals surface area contributed by atoms with E-state index in [2.05, 4.69) is 38.4 Å². The molecule has 2 amide bonds. The Labute approximate surface area is 146 Å². The Balaban J connectivity index is 1.80. The lowest BCUT2D eigenvalue weighted by Crippen LogP contribution is -2.35. The summed E-state index contributed by atoms with van der Waals surface area (Å²) in [7, 11) is 0. The van der Waals surface area contributed by atoms with Crippen LogP contribution in [0.15, 0.2) is 53.6 Å². The van der Waals surface area contributed by atoms with Crippen LogP contribution in [0.25, 0.3) is 0 Å². The van der Waals surface area contributed by atoms with Gasteiger partial charge >= 0.3 is 0 Å². The number of carbonyl (C=O) groups is 2. The van der Waals surface area contributed by atoms with Gasteiger partial charge in [0.25, 0.3) is 11.8 Å². The normalized spacial score (nSPS) is 10.5. The highest BCUT2D eigenvalue weighted by molar-refractivity contribution is 14.1. The van der Waals surface area contributed by atoms with Crippen molar-refractivity contribution in [1.82, 2.24) is 10.7 Å². The van der Waals surface area contributed by atoms with Crippen molar-refractivity contribution in [3.63, 3.8) is 0 Å². The molecule has 23 heavy (non-hydrogen) atoms. The maximum absolute atomic E-state index is 11.9. The predicted molar refractivity (Wildman–Crippen MR) is 95.3 cm³/mol. The van der Waals surface area contributed by atoms with Gasteiger partial charge in [-0.3, -0.25) is 9.59 Å². The molecule has 0 aliphatic carbocycles. The Morgan fingerprint density at radius 1 is 1.13 bits per heavy atom. The lowest BCUT2D eigenvalue weighted by molar-refractivity contribution is -0.120. The van der Waals surface area contributed by atoms with E-state index in [1.165, 1.54) is 18.3 Å². The van der Waals surface area contributed by atoms with E-state index in [9.17, 15) is 9.59 Å². The van der Waals surface area contributed by atoms with E-state index in [0.29, 0.717) is 5.56 Å². The van der Waals surface area contributed by atoms with Crippen LogP contribution in [0.2, 0.25) is 0 Å². The minimum Gasteiger partial charge on any atom is -0.508 e. The summed E-state index contributed by atoms with van der Waals surface area (Å²) in [5.74, 6) is -0.587. The zero-order valence-corrected chi connectivity index (χ0v) is 14.1. The van der Waals surface area contributed by atoms with Crippen LogP contribution in [0.1, 0.15) is 15.9 Å². The standard InChI is InChI=1S/C16H14IN3O3/c17-14-4-2-1-3-13(14)16(23)18-10-15(22)20-19-9-11-5-7-12(21)8-6-11/h1-9,21H,10H2,(H,18,23)(H,20,22)/b19-9+. The van der Waals surface area contributed by atoms with Gasteiger partial charge in [-0.25, -0.2) is 5.43 Å². The number of carbonyl (C=O) groups excluding carboxylic acids is 2. The fourth-order valence-corrected chi connectivity index (χ4v) is 2.31. The molecule has 2 aromatic carbocycles. The molecule has 0 saturated heterocycles. The van der Waals surface area contributed by atoms with E-state index in [-0.39, 0.29) is 18.2 Å². The van der Waals surface area contributed by atoms with Crippen molar-refractivity contribution >= 4 is 40.6 Å². The van der Waals surface area contributed by atoms with Gasteiger partial charge in [-0.1, -0.05) is 12.1 Å². The van der Waals surface area contributed by atoms with Crippen molar-refractivity contribution in [2.75, 3.05) is 6.54 Å². The molecule has 0 spiro atoms. The number of halogens is 1. The first kappa shape index (κ1) is 16.9. The first-order valence-electron chi connectivity index (χ1n) is 6.70. The topological polar surface area (TPSA) is 90.8 Å². The third kappa shape index (κ3) is 5.37. The Morgan fingerprint density at radius 3 is 2.52 bits per heavy atom. The van der Waals surface area contributed by atoms with Gasteiger partial charge in [0.15, 0.2) is 0 Å². The number of phenols is 1. The van der Waals surface area contributed by atoms with Gasteiger partial charge in [0.1, 0.15) is 5.75 Å². The SMILES string of the molecule is O=C(CNC(=O)c1ccccc1I)N/N=C/c1ccc(O)cc1. The second kappa shape index (κ2) is 8.28. The predicted octanol–water partition coefficient (Wildman–Crippen LogP) is 1.88. The van der Waals surface area contributed by atoms with Gasteiger partial charge in [0.2, 0.25) is 0 Å². The van der Waals surface area contributed by atoms with E-state index in [1.807, 2.05) is 12.1 Å². The van der Waals surface area contributed by atoms with Crippen molar-refractivity contribution in [1.29, 1.82) is 0 Å². The molecule has 6 nitrogen and oxygen atoms in total. The second-order valence-electron chi connectivity index (χ2n) is 4.55. The van der Waals surface area contributed by atoms with Crippen molar-refractivity contribution in [3.05, 3.63) is 63.2 Å². The van der Waals surface area contributed by atoms with Gasteiger partial charge in [-0.05, 0) is 64.6 Å². The Hall–Kier alpha value is -2.42. The first-order valence-corrected chi connectivity index (χ1v) is 7.78. The largest absolute Gasteiger partial charge is 0.508 e. The monoisotopic (exact) mass is 423 g/mol. The average molecular weight is 423 g/mol. The van der Waals surface area contributed by atoms with Crippen LogP contribution in [0.5, 0.6) is 5.75 Å². The van der Waals surface area contributed by atoms with Gasteiger partial charge in [-0.2, -0.15) is 5.10 Å². The Bertz CT molecular complexity index is 730.